The van der Waals surface area contributed by atoms with Crippen LogP contribution in [-0.4, -0.2) is 19.2 Å². The maximum atomic E-state index is 12.7. The first kappa shape index (κ1) is 11.3. The third kappa shape index (κ3) is 2.70. The number of halogens is 2. The average molecular weight is 227 g/mol. The SMILES string of the molecule is FC(F)c1ccccc1OC1CCCNC1. The van der Waals surface area contributed by atoms with Gasteiger partial charge in [0.25, 0.3) is 6.43 Å². The Labute approximate surface area is 93.6 Å². The van der Waals surface area contributed by atoms with Crippen molar-refractivity contribution in [2.45, 2.75) is 25.4 Å². The van der Waals surface area contributed by atoms with Crippen LogP contribution >= 0.6 is 0 Å². The van der Waals surface area contributed by atoms with Crippen molar-refractivity contribution in [1.82, 2.24) is 5.32 Å². The number of para-hydroxylation sites is 1. The normalized spacial score (nSPS) is 21.1. The van der Waals surface area contributed by atoms with Crippen LogP contribution < -0.4 is 10.1 Å². The second kappa shape index (κ2) is 5.25. The number of hydrogen-bond acceptors (Lipinski definition) is 2. The predicted octanol–water partition coefficient (Wildman–Crippen LogP) is 2.75. The fraction of sp³-hybridized carbons (Fsp3) is 0.500. The standard InChI is InChI=1S/C12H15F2NO/c13-12(14)10-5-1-2-6-11(10)16-9-4-3-7-15-8-9/h1-2,5-6,9,12,15H,3-4,7-8H2. The summed E-state index contributed by atoms with van der Waals surface area (Å²) in [5, 5.41) is 3.19. The third-order valence-electron chi connectivity index (χ3n) is 2.70. The van der Waals surface area contributed by atoms with Crippen LogP contribution in [0.5, 0.6) is 5.75 Å². The fourth-order valence-electron chi connectivity index (χ4n) is 1.87. The summed E-state index contributed by atoms with van der Waals surface area (Å²) in [6, 6.07) is 6.34. The lowest BCUT2D eigenvalue weighted by atomic mass is 10.1. The fourth-order valence-corrected chi connectivity index (χ4v) is 1.87. The van der Waals surface area contributed by atoms with Gasteiger partial charge < -0.3 is 10.1 Å². The van der Waals surface area contributed by atoms with Gasteiger partial charge in [0.2, 0.25) is 0 Å². The molecule has 2 nitrogen and oxygen atoms in total. The zero-order chi connectivity index (χ0) is 11.4. The van der Waals surface area contributed by atoms with E-state index in [1.165, 1.54) is 6.07 Å². The van der Waals surface area contributed by atoms with E-state index in [0.717, 1.165) is 25.9 Å². The first-order valence-electron chi connectivity index (χ1n) is 5.52. The summed E-state index contributed by atoms with van der Waals surface area (Å²) in [5.41, 5.74) is -0.0203. The molecule has 1 aromatic carbocycles. The number of hydrogen-bond donors (Lipinski definition) is 1. The second-order valence-corrected chi connectivity index (χ2v) is 3.92. The minimum atomic E-state index is -2.48. The summed E-state index contributed by atoms with van der Waals surface area (Å²) in [5.74, 6) is 0.311. The van der Waals surface area contributed by atoms with Crippen LogP contribution in [0.1, 0.15) is 24.8 Å². The molecule has 1 fully saturated rings. The first-order chi connectivity index (χ1) is 7.77. The minimum absolute atomic E-state index is 0.00801. The van der Waals surface area contributed by atoms with E-state index in [1.807, 2.05) is 0 Å². The molecule has 1 saturated heterocycles. The summed E-state index contributed by atoms with van der Waals surface area (Å²) < 4.78 is 31.0. The summed E-state index contributed by atoms with van der Waals surface area (Å²) >= 11 is 0. The summed E-state index contributed by atoms with van der Waals surface area (Å²) in [6.45, 7) is 1.72. The molecular formula is C12H15F2NO. The molecular weight excluding hydrogens is 212 g/mol. The van der Waals surface area contributed by atoms with Gasteiger partial charge >= 0.3 is 0 Å². The topological polar surface area (TPSA) is 21.3 Å². The van der Waals surface area contributed by atoms with Gasteiger partial charge in [0.15, 0.2) is 0 Å². The van der Waals surface area contributed by atoms with E-state index in [9.17, 15) is 8.78 Å². The molecule has 0 saturated carbocycles. The van der Waals surface area contributed by atoms with Crippen LogP contribution in [0.25, 0.3) is 0 Å². The zero-order valence-corrected chi connectivity index (χ0v) is 8.96. The van der Waals surface area contributed by atoms with Crippen LogP contribution in [0, 0.1) is 0 Å². The van der Waals surface area contributed by atoms with Crippen molar-refractivity contribution in [2.75, 3.05) is 13.1 Å². The van der Waals surface area contributed by atoms with Crippen LogP contribution in [0.4, 0.5) is 8.78 Å². The number of alkyl halides is 2. The maximum absolute atomic E-state index is 12.7. The van der Waals surface area contributed by atoms with Crippen molar-refractivity contribution in [1.29, 1.82) is 0 Å². The molecule has 1 aliphatic rings. The average Bonchev–Trinajstić information content (AvgIpc) is 2.31. The molecule has 0 spiro atoms. The Balaban J connectivity index is 2.07. The summed E-state index contributed by atoms with van der Waals surface area (Å²) in [6.07, 6.45) is -0.520. The molecule has 1 N–H and O–H groups in total. The summed E-state index contributed by atoms with van der Waals surface area (Å²) in [7, 11) is 0. The van der Waals surface area contributed by atoms with Gasteiger partial charge in [-0.3, -0.25) is 0 Å². The molecule has 2 rings (SSSR count). The Morgan fingerprint density at radius 2 is 2.12 bits per heavy atom. The smallest absolute Gasteiger partial charge is 0.267 e. The lowest BCUT2D eigenvalue weighted by Gasteiger charge is -2.25. The van der Waals surface area contributed by atoms with Crippen LogP contribution in [0.3, 0.4) is 0 Å². The molecule has 0 aliphatic carbocycles. The Bertz CT molecular complexity index is 338. The highest BCUT2D eigenvalue weighted by molar-refractivity contribution is 5.34. The molecule has 0 radical (unpaired) electrons. The van der Waals surface area contributed by atoms with Crippen molar-refractivity contribution in [3.63, 3.8) is 0 Å². The molecule has 4 heteroatoms. The second-order valence-electron chi connectivity index (χ2n) is 3.92. The van der Waals surface area contributed by atoms with Gasteiger partial charge in [-0.05, 0) is 31.5 Å². The van der Waals surface area contributed by atoms with Crippen molar-refractivity contribution in [3.8, 4) is 5.75 Å². The summed E-state index contributed by atoms with van der Waals surface area (Å²) in [4.78, 5) is 0. The van der Waals surface area contributed by atoms with Crippen LogP contribution in [0.2, 0.25) is 0 Å². The van der Waals surface area contributed by atoms with Crippen molar-refractivity contribution < 1.29 is 13.5 Å². The van der Waals surface area contributed by atoms with E-state index in [2.05, 4.69) is 5.32 Å². The van der Waals surface area contributed by atoms with E-state index in [0.29, 0.717) is 5.75 Å². The highest BCUT2D eigenvalue weighted by atomic mass is 19.3. The quantitative estimate of drug-likeness (QED) is 0.857. The lowest BCUT2D eigenvalue weighted by molar-refractivity contribution is 0.129. The molecule has 0 aromatic heterocycles. The van der Waals surface area contributed by atoms with E-state index in [4.69, 9.17) is 4.74 Å². The van der Waals surface area contributed by atoms with Gasteiger partial charge in [-0.2, -0.15) is 0 Å². The molecule has 1 unspecified atom stereocenters. The maximum Gasteiger partial charge on any atom is 0.267 e. The highest BCUT2D eigenvalue weighted by Crippen LogP contribution is 2.29. The molecule has 1 aliphatic heterocycles. The molecule has 1 aromatic rings. The number of rotatable bonds is 3. The van der Waals surface area contributed by atoms with Gasteiger partial charge in [0.1, 0.15) is 11.9 Å². The van der Waals surface area contributed by atoms with Crippen molar-refractivity contribution >= 4 is 0 Å². The Morgan fingerprint density at radius 3 is 2.81 bits per heavy atom. The number of benzene rings is 1. The monoisotopic (exact) mass is 227 g/mol. The molecule has 0 amide bonds. The van der Waals surface area contributed by atoms with Gasteiger partial charge in [-0.15, -0.1) is 0 Å². The number of ether oxygens (including phenoxy) is 1. The van der Waals surface area contributed by atoms with Crippen molar-refractivity contribution in [2.24, 2.45) is 0 Å². The van der Waals surface area contributed by atoms with E-state index < -0.39 is 6.43 Å². The van der Waals surface area contributed by atoms with Gasteiger partial charge in [0, 0.05) is 6.54 Å². The minimum Gasteiger partial charge on any atom is -0.489 e. The lowest BCUT2D eigenvalue weighted by Crippen LogP contribution is -2.37. The number of piperidine rings is 1. The van der Waals surface area contributed by atoms with Gasteiger partial charge in [-0.1, -0.05) is 12.1 Å². The number of nitrogens with one attached hydrogen (secondary N) is 1. The highest BCUT2D eigenvalue weighted by Gasteiger charge is 2.18. The predicted molar refractivity (Wildman–Crippen MR) is 57.9 cm³/mol. The molecule has 88 valence electrons. The van der Waals surface area contributed by atoms with Crippen molar-refractivity contribution in [3.05, 3.63) is 29.8 Å². The molecule has 1 atom stereocenters. The van der Waals surface area contributed by atoms with Crippen LogP contribution in [-0.2, 0) is 0 Å². The third-order valence-corrected chi connectivity index (χ3v) is 2.70. The molecule has 0 bridgehead atoms. The molecule has 1 heterocycles. The zero-order valence-electron chi connectivity index (χ0n) is 8.96. The Kier molecular flexibility index (Phi) is 3.72. The van der Waals surface area contributed by atoms with E-state index in [-0.39, 0.29) is 11.7 Å². The largest absolute Gasteiger partial charge is 0.489 e. The van der Waals surface area contributed by atoms with Gasteiger partial charge in [0.05, 0.1) is 5.56 Å². The van der Waals surface area contributed by atoms with Gasteiger partial charge in [-0.25, -0.2) is 8.78 Å². The Morgan fingerprint density at radius 1 is 1.31 bits per heavy atom. The van der Waals surface area contributed by atoms with E-state index in [1.54, 1.807) is 18.2 Å². The molecule has 16 heavy (non-hydrogen) atoms. The van der Waals surface area contributed by atoms with E-state index >= 15 is 0 Å². The Hall–Kier alpha value is -1.16. The first-order valence-corrected chi connectivity index (χ1v) is 5.52. The van der Waals surface area contributed by atoms with Crippen LogP contribution in [0.15, 0.2) is 24.3 Å².